The average molecular weight is 409 g/mol. The van der Waals surface area contributed by atoms with Crippen LogP contribution in [0.3, 0.4) is 0 Å². The first-order valence-corrected chi connectivity index (χ1v) is 8.12. The first-order chi connectivity index (χ1) is 12.3. The number of halogens is 5. The van der Waals surface area contributed by atoms with E-state index in [2.05, 4.69) is 0 Å². The van der Waals surface area contributed by atoms with Gasteiger partial charge in [0.2, 0.25) is 5.78 Å². The highest BCUT2D eigenvalue weighted by Crippen LogP contribution is 2.45. The molecule has 0 amide bonds. The second kappa shape index (κ2) is 5.82. The van der Waals surface area contributed by atoms with Crippen LogP contribution in [0, 0.1) is 0 Å². The molecule has 11 heteroatoms. The zero-order valence-corrected chi connectivity index (χ0v) is 15.0. The van der Waals surface area contributed by atoms with Crippen LogP contribution in [0.5, 0.6) is 0 Å². The van der Waals surface area contributed by atoms with Crippen molar-refractivity contribution in [2.45, 2.75) is 37.4 Å². The molecule has 1 aliphatic heterocycles. The fourth-order valence-electron chi connectivity index (χ4n) is 3.05. The molecule has 3 rings (SSSR count). The molecule has 0 fully saturated rings. The van der Waals surface area contributed by atoms with Crippen molar-refractivity contribution in [3.05, 3.63) is 49.8 Å². The van der Waals surface area contributed by atoms with E-state index in [4.69, 9.17) is 16.3 Å². The second-order valence-corrected chi connectivity index (χ2v) is 7.18. The molecule has 1 atom stereocenters. The average Bonchev–Trinajstić information content (AvgIpc) is 2.75. The Labute approximate surface area is 154 Å². The predicted octanol–water partition coefficient (Wildman–Crippen LogP) is 2.35. The molecule has 0 N–H and O–H groups in total. The van der Waals surface area contributed by atoms with Crippen LogP contribution >= 0.6 is 11.6 Å². The van der Waals surface area contributed by atoms with E-state index in [1.165, 1.54) is 13.8 Å². The molecule has 0 saturated heterocycles. The summed E-state index contributed by atoms with van der Waals surface area (Å²) in [4.78, 5) is 37.2. The van der Waals surface area contributed by atoms with E-state index < -0.39 is 63.6 Å². The minimum Gasteiger partial charge on any atom is -0.477 e. The van der Waals surface area contributed by atoms with Gasteiger partial charge in [-0.05, 0) is 13.8 Å². The number of Topliss-reactive ketones (excluding diaryl/α,β-unsaturated/α-hetero) is 1. The summed E-state index contributed by atoms with van der Waals surface area (Å²) in [6.07, 6.45) is -5.48. The lowest BCUT2D eigenvalue weighted by atomic mass is 9.92. The van der Waals surface area contributed by atoms with Gasteiger partial charge in [-0.3, -0.25) is 14.2 Å². The number of carbonyl (C=O) groups excluding carboxylic acids is 1. The molecule has 6 nitrogen and oxygen atoms in total. The van der Waals surface area contributed by atoms with Gasteiger partial charge in [0.15, 0.2) is 11.4 Å². The third-order valence-electron chi connectivity index (χ3n) is 4.37. The van der Waals surface area contributed by atoms with Crippen molar-refractivity contribution in [3.8, 4) is 0 Å². The maximum Gasteiger partial charge on any atom is 0.431 e. The van der Waals surface area contributed by atoms with E-state index in [-0.39, 0.29) is 20.8 Å². The zero-order valence-electron chi connectivity index (χ0n) is 14.3. The van der Waals surface area contributed by atoms with Crippen molar-refractivity contribution < 1.29 is 27.1 Å². The number of carbonyl (C=O) groups is 1. The monoisotopic (exact) mass is 408 g/mol. The third-order valence-corrected chi connectivity index (χ3v) is 4.74. The van der Waals surface area contributed by atoms with Gasteiger partial charge < -0.3 is 4.74 Å². The Kier molecular flexibility index (Phi) is 4.18. The van der Waals surface area contributed by atoms with E-state index in [1.54, 1.807) is 0 Å². The molecule has 0 bridgehead atoms. The number of hydrogen-bond donors (Lipinski definition) is 0. The van der Waals surface area contributed by atoms with Crippen LogP contribution in [0.15, 0.2) is 32.8 Å². The third kappa shape index (κ3) is 2.82. The fourth-order valence-corrected chi connectivity index (χ4v) is 3.38. The minimum atomic E-state index is -4.96. The smallest absolute Gasteiger partial charge is 0.431 e. The standard InChI is InChI=1S/C16H13ClF4N2O4/c1-15(2)13(25)10-6(17)4-7(18)11(12(10)27-15)23-9(24)5-8(16(19,20)21)22(3)14(23)26/h5-6H,4H2,1-3H3. The van der Waals surface area contributed by atoms with Gasteiger partial charge in [-0.15, -0.1) is 11.6 Å². The van der Waals surface area contributed by atoms with E-state index >= 15 is 0 Å². The van der Waals surface area contributed by atoms with Crippen molar-refractivity contribution in [2.75, 3.05) is 0 Å². The zero-order chi connectivity index (χ0) is 20.5. The van der Waals surface area contributed by atoms with Crippen LogP contribution in [-0.2, 0) is 22.8 Å². The van der Waals surface area contributed by atoms with Crippen molar-refractivity contribution in [1.29, 1.82) is 0 Å². The lowest BCUT2D eigenvalue weighted by molar-refractivity contribution is -0.144. The highest BCUT2D eigenvalue weighted by Gasteiger charge is 2.49. The van der Waals surface area contributed by atoms with E-state index in [0.29, 0.717) is 0 Å². The molecule has 0 aromatic carbocycles. The van der Waals surface area contributed by atoms with Crippen molar-refractivity contribution >= 4 is 23.1 Å². The molecule has 1 aromatic heterocycles. The second-order valence-electron chi connectivity index (χ2n) is 6.65. The van der Waals surface area contributed by atoms with Crippen molar-refractivity contribution in [3.63, 3.8) is 0 Å². The molecule has 0 saturated carbocycles. The Balaban J connectivity index is 2.32. The largest absolute Gasteiger partial charge is 0.477 e. The lowest BCUT2D eigenvalue weighted by Crippen LogP contribution is -2.42. The molecular weight excluding hydrogens is 396 g/mol. The van der Waals surface area contributed by atoms with Crippen LogP contribution < -0.4 is 11.2 Å². The van der Waals surface area contributed by atoms with Crippen LogP contribution in [0.2, 0.25) is 0 Å². The summed E-state index contributed by atoms with van der Waals surface area (Å²) in [5.41, 5.74) is -6.56. The Morgan fingerprint density at radius 2 is 1.85 bits per heavy atom. The van der Waals surface area contributed by atoms with E-state index in [9.17, 15) is 31.9 Å². The SMILES string of the molecule is Cn1c(C(F)(F)F)cc(=O)n(C2=C(F)CC(Cl)C3=C2OC(C)(C)C3=O)c1=O. The number of allylic oxidation sites excluding steroid dienone is 2. The van der Waals surface area contributed by atoms with Gasteiger partial charge in [0.1, 0.15) is 17.2 Å². The van der Waals surface area contributed by atoms with Crippen LogP contribution in [0.4, 0.5) is 17.6 Å². The molecule has 1 unspecified atom stereocenters. The van der Waals surface area contributed by atoms with Gasteiger partial charge in [0, 0.05) is 19.5 Å². The van der Waals surface area contributed by atoms with Gasteiger partial charge in [0.25, 0.3) is 5.56 Å². The molecule has 1 aromatic rings. The summed E-state index contributed by atoms with van der Waals surface area (Å²) in [5, 5.41) is -1.09. The number of ether oxygens (including phenoxy) is 1. The van der Waals surface area contributed by atoms with Crippen LogP contribution in [0.1, 0.15) is 26.0 Å². The van der Waals surface area contributed by atoms with Gasteiger partial charge >= 0.3 is 11.9 Å². The molecule has 2 aliphatic rings. The highest BCUT2D eigenvalue weighted by molar-refractivity contribution is 6.28. The summed E-state index contributed by atoms with van der Waals surface area (Å²) < 4.78 is 59.5. The first-order valence-electron chi connectivity index (χ1n) is 7.69. The Hall–Kier alpha value is -2.36. The van der Waals surface area contributed by atoms with Gasteiger partial charge in [-0.1, -0.05) is 0 Å². The number of ketones is 1. The predicted molar refractivity (Wildman–Crippen MR) is 86.7 cm³/mol. The van der Waals surface area contributed by atoms with E-state index in [0.717, 1.165) is 7.05 Å². The van der Waals surface area contributed by atoms with Crippen LogP contribution in [-0.4, -0.2) is 25.9 Å². The van der Waals surface area contributed by atoms with E-state index in [1.807, 2.05) is 0 Å². The molecule has 27 heavy (non-hydrogen) atoms. The summed E-state index contributed by atoms with van der Waals surface area (Å²) in [5.74, 6) is -2.01. The number of aromatic nitrogens is 2. The topological polar surface area (TPSA) is 70.3 Å². The number of hydrogen-bond acceptors (Lipinski definition) is 4. The summed E-state index contributed by atoms with van der Waals surface area (Å²) in [7, 11) is 0.798. The molecular formula is C16H13ClF4N2O4. The van der Waals surface area contributed by atoms with Crippen molar-refractivity contribution in [1.82, 2.24) is 9.13 Å². The summed E-state index contributed by atoms with van der Waals surface area (Å²) >= 11 is 6.03. The quantitative estimate of drug-likeness (QED) is 0.528. The van der Waals surface area contributed by atoms with Crippen LogP contribution in [0.25, 0.3) is 5.70 Å². The Morgan fingerprint density at radius 3 is 2.41 bits per heavy atom. The Bertz CT molecular complexity index is 1050. The number of nitrogens with zero attached hydrogens (tertiary/aromatic N) is 2. The molecule has 1 aliphatic carbocycles. The minimum absolute atomic E-state index is 0.119. The normalized spacial score (nSPS) is 22.2. The molecule has 146 valence electrons. The van der Waals surface area contributed by atoms with Gasteiger partial charge in [-0.25, -0.2) is 13.8 Å². The van der Waals surface area contributed by atoms with Gasteiger partial charge in [-0.2, -0.15) is 13.2 Å². The van der Waals surface area contributed by atoms with Gasteiger partial charge in [0.05, 0.1) is 11.0 Å². The Morgan fingerprint density at radius 1 is 1.26 bits per heavy atom. The molecule has 0 spiro atoms. The highest BCUT2D eigenvalue weighted by atomic mass is 35.5. The first kappa shape index (κ1) is 19.4. The summed E-state index contributed by atoms with van der Waals surface area (Å²) in [6.45, 7) is 2.78. The number of rotatable bonds is 1. The fraction of sp³-hybridized carbons (Fsp3) is 0.438. The van der Waals surface area contributed by atoms with Crippen molar-refractivity contribution in [2.24, 2.45) is 7.05 Å². The summed E-state index contributed by atoms with van der Waals surface area (Å²) in [6, 6.07) is 0.177. The maximum absolute atomic E-state index is 14.7. The molecule has 0 radical (unpaired) electrons. The number of alkyl halides is 4. The molecule has 2 heterocycles. The maximum atomic E-state index is 14.7. The lowest BCUT2D eigenvalue weighted by Gasteiger charge is -2.22.